The van der Waals surface area contributed by atoms with E-state index in [1.165, 1.54) is 11.0 Å². The van der Waals surface area contributed by atoms with Gasteiger partial charge in [0.15, 0.2) is 0 Å². The Hall–Kier alpha value is -1.81. The molecule has 0 aromatic heterocycles. The molecule has 2 nitrogen and oxygen atoms in total. The lowest BCUT2D eigenvalue weighted by Gasteiger charge is -2.21. The second-order valence-corrected chi connectivity index (χ2v) is 4.95. The molecule has 0 fully saturated rings. The Morgan fingerprint density at radius 1 is 1.15 bits per heavy atom. The number of likely N-dealkylation sites (N-methyl/N-ethyl adjacent to an activating group) is 1. The van der Waals surface area contributed by atoms with E-state index in [4.69, 9.17) is 0 Å². The first kappa shape index (κ1) is 14.6. The minimum absolute atomic E-state index is 0.121. The lowest BCUT2D eigenvalue weighted by atomic mass is 10.1. The maximum Gasteiger partial charge on any atom is 0.231 e. The zero-order valence-corrected chi connectivity index (χ0v) is 12.1. The van der Waals surface area contributed by atoms with Gasteiger partial charge in [0.2, 0.25) is 5.91 Å². The highest BCUT2D eigenvalue weighted by molar-refractivity contribution is 7.80. The number of carbonyl (C=O) groups excluding carboxylic acids is 1. The van der Waals surface area contributed by atoms with Crippen LogP contribution in [0, 0.1) is 5.82 Å². The normalized spacial score (nSPS) is 10.3. The highest BCUT2D eigenvalue weighted by Crippen LogP contribution is 2.20. The van der Waals surface area contributed by atoms with E-state index in [1.807, 2.05) is 31.2 Å². The Bertz CT molecular complexity index is 598. The predicted molar refractivity (Wildman–Crippen MR) is 81.8 cm³/mol. The van der Waals surface area contributed by atoms with Crippen molar-refractivity contribution in [2.45, 2.75) is 18.2 Å². The summed E-state index contributed by atoms with van der Waals surface area (Å²) in [4.78, 5) is 14.6. The summed E-state index contributed by atoms with van der Waals surface area (Å²) in [5, 5.41) is 0. The summed E-state index contributed by atoms with van der Waals surface area (Å²) >= 11 is 4.21. The Morgan fingerprint density at radius 2 is 1.80 bits per heavy atom. The number of halogens is 1. The van der Waals surface area contributed by atoms with E-state index in [0.29, 0.717) is 12.2 Å². The molecular weight excluding hydrogens is 273 g/mol. The van der Waals surface area contributed by atoms with Crippen molar-refractivity contribution < 1.29 is 9.18 Å². The summed E-state index contributed by atoms with van der Waals surface area (Å²) in [6.07, 6.45) is 0.246. The van der Waals surface area contributed by atoms with E-state index in [-0.39, 0.29) is 18.1 Å². The van der Waals surface area contributed by atoms with Gasteiger partial charge < -0.3 is 4.90 Å². The smallest absolute Gasteiger partial charge is 0.231 e. The zero-order chi connectivity index (χ0) is 14.5. The Labute approximate surface area is 123 Å². The Balaban J connectivity index is 2.18. The maximum atomic E-state index is 13.8. The molecule has 1 amide bonds. The third kappa shape index (κ3) is 3.39. The molecule has 0 bridgehead atoms. The highest BCUT2D eigenvalue weighted by atomic mass is 32.1. The van der Waals surface area contributed by atoms with Crippen LogP contribution in [0.4, 0.5) is 10.1 Å². The Kier molecular flexibility index (Phi) is 4.79. The van der Waals surface area contributed by atoms with Crippen LogP contribution >= 0.6 is 12.6 Å². The van der Waals surface area contributed by atoms with Crippen molar-refractivity contribution in [2.75, 3.05) is 11.4 Å². The number of benzene rings is 2. The van der Waals surface area contributed by atoms with Gasteiger partial charge in [-0.1, -0.05) is 24.3 Å². The van der Waals surface area contributed by atoms with Gasteiger partial charge in [-0.3, -0.25) is 4.79 Å². The number of anilines is 1. The monoisotopic (exact) mass is 289 g/mol. The van der Waals surface area contributed by atoms with E-state index in [9.17, 15) is 9.18 Å². The fourth-order valence-corrected chi connectivity index (χ4v) is 2.18. The summed E-state index contributed by atoms with van der Waals surface area (Å²) in [5.41, 5.74) is 1.22. The molecule has 0 aliphatic heterocycles. The molecule has 0 saturated carbocycles. The van der Waals surface area contributed by atoms with Crippen molar-refractivity contribution in [2.24, 2.45) is 0 Å². The number of nitrogens with zero attached hydrogens (tertiary/aromatic N) is 1. The van der Waals surface area contributed by atoms with Gasteiger partial charge in [0.05, 0.1) is 12.1 Å². The van der Waals surface area contributed by atoms with Gasteiger partial charge in [-0.15, -0.1) is 12.6 Å². The second-order valence-electron chi connectivity index (χ2n) is 4.43. The number of thiol groups is 1. The van der Waals surface area contributed by atoms with E-state index >= 15 is 0 Å². The molecule has 0 aliphatic rings. The lowest BCUT2D eigenvalue weighted by Crippen LogP contribution is -2.32. The van der Waals surface area contributed by atoms with Crippen molar-refractivity contribution in [3.63, 3.8) is 0 Å². The van der Waals surface area contributed by atoms with Crippen LogP contribution in [0.2, 0.25) is 0 Å². The van der Waals surface area contributed by atoms with Crippen molar-refractivity contribution in [3.8, 4) is 0 Å². The second kappa shape index (κ2) is 6.57. The van der Waals surface area contributed by atoms with Gasteiger partial charge in [0.25, 0.3) is 0 Å². The van der Waals surface area contributed by atoms with Gasteiger partial charge >= 0.3 is 0 Å². The summed E-state index contributed by atoms with van der Waals surface area (Å²) in [6, 6.07) is 13.7. The standard InChI is InChI=1S/C16H16FNOS/c1-2-18(15-6-4-3-5-14(15)17)16(19)11-12-7-9-13(20)10-8-12/h3-10,20H,2,11H2,1H3. The van der Waals surface area contributed by atoms with E-state index in [0.717, 1.165) is 10.5 Å². The summed E-state index contributed by atoms with van der Waals surface area (Å²) in [5.74, 6) is -0.502. The summed E-state index contributed by atoms with van der Waals surface area (Å²) in [7, 11) is 0. The minimum Gasteiger partial charge on any atom is -0.310 e. The molecular formula is C16H16FNOS. The molecule has 104 valence electrons. The first-order chi connectivity index (χ1) is 9.61. The van der Waals surface area contributed by atoms with Crippen molar-refractivity contribution >= 4 is 24.2 Å². The summed E-state index contributed by atoms with van der Waals surface area (Å²) in [6.45, 7) is 2.27. The number of para-hydroxylation sites is 1. The van der Waals surface area contributed by atoms with Crippen LogP contribution in [0.3, 0.4) is 0 Å². The Morgan fingerprint density at radius 3 is 2.40 bits per heavy atom. The molecule has 0 saturated heterocycles. The molecule has 0 unspecified atom stereocenters. The van der Waals surface area contributed by atoms with Crippen LogP contribution in [0.5, 0.6) is 0 Å². The number of rotatable bonds is 4. The number of hydrogen-bond donors (Lipinski definition) is 1. The fraction of sp³-hybridized carbons (Fsp3) is 0.188. The average molecular weight is 289 g/mol. The van der Waals surface area contributed by atoms with Crippen LogP contribution in [0.15, 0.2) is 53.4 Å². The topological polar surface area (TPSA) is 20.3 Å². The van der Waals surface area contributed by atoms with Crippen LogP contribution < -0.4 is 4.90 Å². The summed E-state index contributed by atoms with van der Waals surface area (Å²) < 4.78 is 13.8. The zero-order valence-electron chi connectivity index (χ0n) is 11.2. The van der Waals surface area contributed by atoms with E-state index in [1.54, 1.807) is 18.2 Å². The van der Waals surface area contributed by atoms with E-state index < -0.39 is 0 Å². The first-order valence-electron chi connectivity index (χ1n) is 6.44. The van der Waals surface area contributed by atoms with Crippen LogP contribution in [-0.2, 0) is 11.2 Å². The highest BCUT2D eigenvalue weighted by Gasteiger charge is 2.17. The lowest BCUT2D eigenvalue weighted by molar-refractivity contribution is -0.118. The van der Waals surface area contributed by atoms with Gasteiger partial charge in [-0.25, -0.2) is 4.39 Å². The molecule has 2 aromatic carbocycles. The molecule has 20 heavy (non-hydrogen) atoms. The van der Waals surface area contributed by atoms with Gasteiger partial charge in [-0.2, -0.15) is 0 Å². The largest absolute Gasteiger partial charge is 0.310 e. The van der Waals surface area contributed by atoms with Crippen molar-refractivity contribution in [1.29, 1.82) is 0 Å². The van der Waals surface area contributed by atoms with Crippen molar-refractivity contribution in [1.82, 2.24) is 0 Å². The van der Waals surface area contributed by atoms with Crippen LogP contribution in [-0.4, -0.2) is 12.5 Å². The fourth-order valence-electron chi connectivity index (χ4n) is 2.04. The third-order valence-electron chi connectivity index (χ3n) is 3.05. The number of amides is 1. The average Bonchev–Trinajstić information content (AvgIpc) is 2.44. The molecule has 4 heteroatoms. The van der Waals surface area contributed by atoms with Gasteiger partial charge in [0, 0.05) is 11.4 Å². The SMILES string of the molecule is CCN(C(=O)Cc1ccc(S)cc1)c1ccccc1F. The molecule has 2 aromatic rings. The molecule has 0 N–H and O–H groups in total. The molecule has 2 rings (SSSR count). The molecule has 0 heterocycles. The van der Waals surface area contributed by atoms with Crippen molar-refractivity contribution in [3.05, 3.63) is 59.9 Å². The maximum absolute atomic E-state index is 13.8. The van der Waals surface area contributed by atoms with E-state index in [2.05, 4.69) is 12.6 Å². The van der Waals surface area contributed by atoms with Crippen LogP contribution in [0.25, 0.3) is 0 Å². The molecule has 0 spiro atoms. The third-order valence-corrected chi connectivity index (χ3v) is 3.35. The van der Waals surface area contributed by atoms with Gasteiger partial charge in [0.1, 0.15) is 5.82 Å². The van der Waals surface area contributed by atoms with Gasteiger partial charge in [-0.05, 0) is 36.8 Å². The predicted octanol–water partition coefficient (Wildman–Crippen LogP) is 3.71. The molecule has 0 aliphatic carbocycles. The molecule has 0 atom stereocenters. The van der Waals surface area contributed by atoms with Crippen LogP contribution in [0.1, 0.15) is 12.5 Å². The molecule has 0 radical (unpaired) electrons. The quantitative estimate of drug-likeness (QED) is 0.851. The minimum atomic E-state index is -0.381. The first-order valence-corrected chi connectivity index (χ1v) is 6.89. The number of hydrogen-bond acceptors (Lipinski definition) is 2. The number of carbonyl (C=O) groups is 1.